The van der Waals surface area contributed by atoms with Crippen LogP contribution in [0.25, 0.3) is 0 Å². The molecular weight excluding hydrogens is 274 g/mol. The lowest BCUT2D eigenvalue weighted by Crippen LogP contribution is -2.50. The molecule has 6 heteroatoms. The predicted octanol–water partition coefficient (Wildman–Crippen LogP) is 1.90. The molecule has 1 aliphatic rings. The molecule has 0 bridgehead atoms. The van der Waals surface area contributed by atoms with Crippen LogP contribution in [0.1, 0.15) is 26.2 Å². The molecule has 1 aliphatic heterocycles. The SMILES string of the molecule is CCOC(=O)C1CSCCN1C(=O)CCCCCl. The fraction of sp³-hybridized carbons (Fsp3) is 0.833. The van der Waals surface area contributed by atoms with Gasteiger partial charge >= 0.3 is 5.97 Å². The Hall–Kier alpha value is -0.420. The number of rotatable bonds is 6. The largest absolute Gasteiger partial charge is 0.464 e. The van der Waals surface area contributed by atoms with Gasteiger partial charge in [-0.3, -0.25) is 4.79 Å². The first-order valence-electron chi connectivity index (χ1n) is 6.30. The molecule has 104 valence electrons. The minimum absolute atomic E-state index is 0.0402. The van der Waals surface area contributed by atoms with E-state index in [4.69, 9.17) is 16.3 Å². The first-order chi connectivity index (χ1) is 8.70. The van der Waals surface area contributed by atoms with E-state index in [9.17, 15) is 9.59 Å². The molecule has 0 aliphatic carbocycles. The number of amides is 1. The van der Waals surface area contributed by atoms with E-state index in [1.165, 1.54) is 0 Å². The number of carbonyl (C=O) groups excluding carboxylic acids is 2. The number of esters is 1. The lowest BCUT2D eigenvalue weighted by atomic mass is 10.2. The van der Waals surface area contributed by atoms with Gasteiger partial charge in [-0.25, -0.2) is 4.79 Å². The number of unbranched alkanes of at least 4 members (excludes halogenated alkanes) is 1. The number of hydrogen-bond donors (Lipinski definition) is 0. The minimum Gasteiger partial charge on any atom is -0.464 e. The van der Waals surface area contributed by atoms with Crippen LogP contribution in [-0.4, -0.2) is 53.4 Å². The highest BCUT2D eigenvalue weighted by Gasteiger charge is 2.32. The zero-order valence-corrected chi connectivity index (χ0v) is 12.3. The van der Waals surface area contributed by atoms with Crippen molar-refractivity contribution in [1.82, 2.24) is 4.90 Å². The van der Waals surface area contributed by atoms with Gasteiger partial charge in [0.25, 0.3) is 0 Å². The topological polar surface area (TPSA) is 46.6 Å². The molecule has 0 aromatic heterocycles. The van der Waals surface area contributed by atoms with Gasteiger partial charge < -0.3 is 9.64 Å². The summed E-state index contributed by atoms with van der Waals surface area (Å²) >= 11 is 7.28. The van der Waals surface area contributed by atoms with Gasteiger partial charge in [0.15, 0.2) is 0 Å². The van der Waals surface area contributed by atoms with Crippen molar-refractivity contribution >= 4 is 35.2 Å². The molecule has 1 atom stereocenters. The summed E-state index contributed by atoms with van der Waals surface area (Å²) in [6.07, 6.45) is 2.08. The predicted molar refractivity (Wildman–Crippen MR) is 74.0 cm³/mol. The Morgan fingerprint density at radius 3 is 2.89 bits per heavy atom. The van der Waals surface area contributed by atoms with Crippen LogP contribution in [0.4, 0.5) is 0 Å². The van der Waals surface area contributed by atoms with Gasteiger partial charge in [0.05, 0.1) is 6.61 Å². The lowest BCUT2D eigenvalue weighted by Gasteiger charge is -2.33. The molecule has 0 saturated carbocycles. The third-order valence-corrected chi connectivity index (χ3v) is 4.07. The molecule has 1 amide bonds. The highest BCUT2D eigenvalue weighted by Crippen LogP contribution is 2.19. The molecule has 4 nitrogen and oxygen atoms in total. The summed E-state index contributed by atoms with van der Waals surface area (Å²) in [5, 5.41) is 0. The fourth-order valence-electron chi connectivity index (χ4n) is 1.85. The Morgan fingerprint density at radius 2 is 2.22 bits per heavy atom. The fourth-order valence-corrected chi connectivity index (χ4v) is 3.07. The number of hydrogen-bond acceptors (Lipinski definition) is 4. The number of halogens is 1. The van der Waals surface area contributed by atoms with Crippen LogP contribution in [0, 0.1) is 0 Å². The van der Waals surface area contributed by atoms with Gasteiger partial charge in [-0.2, -0.15) is 11.8 Å². The summed E-state index contributed by atoms with van der Waals surface area (Å²) in [7, 11) is 0. The van der Waals surface area contributed by atoms with Crippen LogP contribution in [-0.2, 0) is 14.3 Å². The second kappa shape index (κ2) is 8.64. The van der Waals surface area contributed by atoms with Crippen molar-refractivity contribution in [3.8, 4) is 0 Å². The molecule has 0 aromatic rings. The first kappa shape index (κ1) is 15.6. The van der Waals surface area contributed by atoms with Crippen LogP contribution >= 0.6 is 23.4 Å². The van der Waals surface area contributed by atoms with Crippen LogP contribution < -0.4 is 0 Å². The minimum atomic E-state index is -0.410. The molecule has 1 unspecified atom stereocenters. The summed E-state index contributed by atoms with van der Waals surface area (Å²) < 4.78 is 5.02. The number of thioether (sulfide) groups is 1. The Morgan fingerprint density at radius 1 is 1.44 bits per heavy atom. The summed E-state index contributed by atoms with van der Waals surface area (Å²) in [6.45, 7) is 2.77. The molecular formula is C12H20ClNO3S. The molecule has 1 rings (SSSR count). The molecule has 0 N–H and O–H groups in total. The zero-order chi connectivity index (χ0) is 13.4. The molecule has 1 saturated heterocycles. The van der Waals surface area contributed by atoms with E-state index in [1.54, 1.807) is 23.6 Å². The Labute approximate surface area is 117 Å². The standard InChI is InChI=1S/C12H20ClNO3S/c1-2-17-12(16)10-9-18-8-7-14(10)11(15)5-3-4-6-13/h10H,2-9H2,1H3. The summed E-state index contributed by atoms with van der Waals surface area (Å²) in [5.74, 6) is 1.86. The number of nitrogens with zero attached hydrogens (tertiary/aromatic N) is 1. The van der Waals surface area contributed by atoms with E-state index in [1.807, 2.05) is 0 Å². The number of carbonyl (C=O) groups is 2. The van der Waals surface area contributed by atoms with E-state index in [0.29, 0.717) is 31.2 Å². The molecule has 18 heavy (non-hydrogen) atoms. The van der Waals surface area contributed by atoms with Crippen molar-refractivity contribution in [2.24, 2.45) is 0 Å². The summed E-state index contributed by atoms with van der Waals surface area (Å²) in [4.78, 5) is 25.5. The van der Waals surface area contributed by atoms with Gasteiger partial charge in [-0.15, -0.1) is 11.6 Å². The molecule has 1 fully saturated rings. The number of ether oxygens (including phenoxy) is 1. The lowest BCUT2D eigenvalue weighted by molar-refractivity contribution is -0.153. The van der Waals surface area contributed by atoms with Crippen molar-refractivity contribution < 1.29 is 14.3 Å². The van der Waals surface area contributed by atoms with Crippen LogP contribution in [0.3, 0.4) is 0 Å². The second-order valence-corrected chi connectivity index (χ2v) is 5.60. The summed E-state index contributed by atoms with van der Waals surface area (Å²) in [5.41, 5.74) is 0. The van der Waals surface area contributed by atoms with Crippen molar-refractivity contribution in [3.05, 3.63) is 0 Å². The van der Waals surface area contributed by atoms with Crippen LogP contribution in [0.15, 0.2) is 0 Å². The molecule has 1 heterocycles. The zero-order valence-electron chi connectivity index (χ0n) is 10.7. The normalized spacial score (nSPS) is 19.7. The van der Waals surface area contributed by atoms with Crippen molar-refractivity contribution in [3.63, 3.8) is 0 Å². The van der Waals surface area contributed by atoms with Crippen LogP contribution in [0.2, 0.25) is 0 Å². The number of alkyl halides is 1. The Kier molecular flexibility index (Phi) is 7.51. The maximum Gasteiger partial charge on any atom is 0.329 e. The maximum absolute atomic E-state index is 12.1. The molecule has 0 radical (unpaired) electrons. The third kappa shape index (κ3) is 4.69. The Bertz CT molecular complexity index is 288. The average Bonchev–Trinajstić information content (AvgIpc) is 2.39. The van der Waals surface area contributed by atoms with Crippen molar-refractivity contribution in [2.45, 2.75) is 32.2 Å². The van der Waals surface area contributed by atoms with Gasteiger partial charge in [-0.05, 0) is 19.8 Å². The van der Waals surface area contributed by atoms with Gasteiger partial charge in [0.1, 0.15) is 6.04 Å². The van der Waals surface area contributed by atoms with Crippen molar-refractivity contribution in [2.75, 3.05) is 30.5 Å². The smallest absolute Gasteiger partial charge is 0.329 e. The highest BCUT2D eigenvalue weighted by atomic mass is 35.5. The van der Waals surface area contributed by atoms with Gasteiger partial charge in [0.2, 0.25) is 5.91 Å². The quantitative estimate of drug-likeness (QED) is 0.426. The van der Waals surface area contributed by atoms with E-state index in [2.05, 4.69) is 0 Å². The monoisotopic (exact) mass is 293 g/mol. The van der Waals surface area contributed by atoms with E-state index >= 15 is 0 Å². The molecule has 0 aromatic carbocycles. The molecule has 0 spiro atoms. The van der Waals surface area contributed by atoms with Gasteiger partial charge in [0, 0.05) is 30.4 Å². The van der Waals surface area contributed by atoms with Crippen LogP contribution in [0.5, 0.6) is 0 Å². The second-order valence-electron chi connectivity index (χ2n) is 4.08. The average molecular weight is 294 g/mol. The third-order valence-electron chi connectivity index (χ3n) is 2.78. The highest BCUT2D eigenvalue weighted by molar-refractivity contribution is 7.99. The maximum atomic E-state index is 12.1. The van der Waals surface area contributed by atoms with E-state index in [0.717, 1.165) is 18.6 Å². The van der Waals surface area contributed by atoms with Gasteiger partial charge in [-0.1, -0.05) is 0 Å². The van der Waals surface area contributed by atoms with Crippen molar-refractivity contribution in [1.29, 1.82) is 0 Å². The summed E-state index contributed by atoms with van der Waals surface area (Å²) in [6, 6.07) is -0.410. The van der Waals surface area contributed by atoms with E-state index < -0.39 is 6.04 Å². The Balaban J connectivity index is 2.52. The van der Waals surface area contributed by atoms with E-state index in [-0.39, 0.29) is 11.9 Å². The first-order valence-corrected chi connectivity index (χ1v) is 7.99.